The van der Waals surface area contributed by atoms with E-state index in [4.69, 9.17) is 11.6 Å². The molecule has 2 aliphatic rings. The standard InChI is InChI=1S/C12H12ClN3O2/c1-15-9-4-7(13)2-3-8(9)16-10(12(15)18)5-14-6-11(16)17/h2-4,10,14H,5-6H2,1H3. The molecule has 2 heterocycles. The summed E-state index contributed by atoms with van der Waals surface area (Å²) in [6.45, 7) is 0.743. The molecule has 18 heavy (non-hydrogen) atoms. The zero-order valence-corrected chi connectivity index (χ0v) is 10.6. The number of halogens is 1. The van der Waals surface area contributed by atoms with Crippen molar-refractivity contribution in [3.05, 3.63) is 23.2 Å². The molecule has 1 N–H and O–H groups in total. The number of anilines is 2. The lowest BCUT2D eigenvalue weighted by molar-refractivity contribution is -0.126. The number of carbonyl (C=O) groups excluding carboxylic acids is 2. The Morgan fingerprint density at radius 2 is 2.11 bits per heavy atom. The third-order valence-electron chi connectivity index (χ3n) is 3.37. The highest BCUT2D eigenvalue weighted by Crippen LogP contribution is 2.37. The quantitative estimate of drug-likeness (QED) is 0.748. The molecule has 1 aromatic carbocycles. The summed E-state index contributed by atoms with van der Waals surface area (Å²) in [4.78, 5) is 27.3. The van der Waals surface area contributed by atoms with Gasteiger partial charge in [0.05, 0.1) is 17.9 Å². The van der Waals surface area contributed by atoms with Crippen LogP contribution in [-0.4, -0.2) is 38.0 Å². The molecular formula is C12H12ClN3O2. The fourth-order valence-corrected chi connectivity index (χ4v) is 2.64. The molecule has 0 bridgehead atoms. The molecule has 1 aromatic rings. The fourth-order valence-electron chi connectivity index (χ4n) is 2.48. The van der Waals surface area contributed by atoms with Gasteiger partial charge in [-0.15, -0.1) is 0 Å². The normalized spacial score (nSPS) is 22.9. The summed E-state index contributed by atoms with van der Waals surface area (Å²) in [7, 11) is 1.70. The van der Waals surface area contributed by atoms with Gasteiger partial charge in [-0.05, 0) is 18.2 Å². The van der Waals surface area contributed by atoms with Crippen LogP contribution in [0.1, 0.15) is 0 Å². The minimum Gasteiger partial charge on any atom is -0.312 e. The van der Waals surface area contributed by atoms with Crippen molar-refractivity contribution >= 4 is 34.8 Å². The molecule has 1 atom stereocenters. The minimum absolute atomic E-state index is 0.0868. The van der Waals surface area contributed by atoms with Gasteiger partial charge in [-0.25, -0.2) is 0 Å². The van der Waals surface area contributed by atoms with Crippen molar-refractivity contribution in [2.75, 3.05) is 29.9 Å². The maximum Gasteiger partial charge on any atom is 0.251 e. The molecule has 0 aliphatic carbocycles. The number of benzene rings is 1. The summed E-state index contributed by atoms with van der Waals surface area (Å²) in [6.07, 6.45) is 0. The summed E-state index contributed by atoms with van der Waals surface area (Å²) in [5.41, 5.74) is 1.43. The number of hydrogen-bond acceptors (Lipinski definition) is 3. The van der Waals surface area contributed by atoms with Crippen molar-refractivity contribution in [2.24, 2.45) is 0 Å². The monoisotopic (exact) mass is 265 g/mol. The first-order valence-electron chi connectivity index (χ1n) is 5.69. The fraction of sp³-hybridized carbons (Fsp3) is 0.333. The lowest BCUT2D eigenvalue weighted by atomic mass is 10.0. The molecular weight excluding hydrogens is 254 g/mol. The second kappa shape index (κ2) is 3.96. The minimum atomic E-state index is -0.454. The van der Waals surface area contributed by atoms with Gasteiger partial charge in [-0.2, -0.15) is 0 Å². The molecule has 0 radical (unpaired) electrons. The summed E-state index contributed by atoms with van der Waals surface area (Å²) >= 11 is 5.95. The molecule has 0 aromatic heterocycles. The first-order valence-corrected chi connectivity index (χ1v) is 6.07. The van der Waals surface area contributed by atoms with Crippen LogP contribution in [0.5, 0.6) is 0 Å². The molecule has 5 nitrogen and oxygen atoms in total. The van der Waals surface area contributed by atoms with E-state index in [2.05, 4.69) is 5.32 Å². The number of carbonyl (C=O) groups is 2. The highest BCUT2D eigenvalue weighted by Gasteiger charge is 2.41. The zero-order chi connectivity index (χ0) is 12.9. The lowest BCUT2D eigenvalue weighted by Gasteiger charge is -2.42. The number of piperazine rings is 1. The largest absolute Gasteiger partial charge is 0.312 e. The van der Waals surface area contributed by atoms with Crippen LogP contribution in [0.25, 0.3) is 0 Å². The van der Waals surface area contributed by atoms with Crippen molar-refractivity contribution in [2.45, 2.75) is 6.04 Å². The highest BCUT2D eigenvalue weighted by atomic mass is 35.5. The summed E-state index contributed by atoms with van der Waals surface area (Å²) in [5, 5.41) is 3.51. The van der Waals surface area contributed by atoms with Gasteiger partial charge in [-0.1, -0.05) is 11.6 Å². The average molecular weight is 266 g/mol. The Labute approximate surface area is 109 Å². The second-order valence-corrected chi connectivity index (χ2v) is 4.88. The highest BCUT2D eigenvalue weighted by molar-refractivity contribution is 6.31. The predicted molar refractivity (Wildman–Crippen MR) is 69.0 cm³/mol. The van der Waals surface area contributed by atoms with Gasteiger partial charge in [0.2, 0.25) is 5.91 Å². The van der Waals surface area contributed by atoms with E-state index in [1.165, 1.54) is 0 Å². The van der Waals surface area contributed by atoms with E-state index >= 15 is 0 Å². The number of likely N-dealkylation sites (N-methyl/N-ethyl adjacent to an activating group) is 1. The maximum atomic E-state index is 12.2. The molecule has 1 saturated heterocycles. The van der Waals surface area contributed by atoms with Crippen molar-refractivity contribution in [3.63, 3.8) is 0 Å². The van der Waals surface area contributed by atoms with Crippen LogP contribution in [0.4, 0.5) is 11.4 Å². The van der Waals surface area contributed by atoms with E-state index < -0.39 is 6.04 Å². The van der Waals surface area contributed by atoms with Crippen molar-refractivity contribution in [1.82, 2.24) is 5.32 Å². The zero-order valence-electron chi connectivity index (χ0n) is 9.81. The number of fused-ring (bicyclic) bond motifs is 3. The van der Waals surface area contributed by atoms with Crippen LogP contribution in [0.2, 0.25) is 5.02 Å². The van der Waals surface area contributed by atoms with Gasteiger partial charge in [0.1, 0.15) is 6.04 Å². The SMILES string of the molecule is CN1C(=O)C2CNCC(=O)N2c2ccc(Cl)cc21. The maximum absolute atomic E-state index is 12.2. The summed E-state index contributed by atoms with van der Waals surface area (Å²) in [6, 6.07) is 4.78. The molecule has 1 fully saturated rings. The Kier molecular flexibility index (Phi) is 2.53. The van der Waals surface area contributed by atoms with Crippen LogP contribution in [-0.2, 0) is 9.59 Å². The Morgan fingerprint density at radius 3 is 2.89 bits per heavy atom. The Hall–Kier alpha value is -1.59. The summed E-state index contributed by atoms with van der Waals surface area (Å²) < 4.78 is 0. The van der Waals surface area contributed by atoms with Crippen molar-refractivity contribution in [1.29, 1.82) is 0 Å². The van der Waals surface area contributed by atoms with Crippen LogP contribution in [0, 0.1) is 0 Å². The van der Waals surface area contributed by atoms with Crippen LogP contribution < -0.4 is 15.1 Å². The van der Waals surface area contributed by atoms with Crippen molar-refractivity contribution in [3.8, 4) is 0 Å². The van der Waals surface area contributed by atoms with E-state index in [0.29, 0.717) is 17.3 Å². The Bertz CT molecular complexity index is 546. The van der Waals surface area contributed by atoms with Crippen LogP contribution >= 0.6 is 11.6 Å². The van der Waals surface area contributed by atoms with E-state index in [0.717, 1.165) is 5.69 Å². The molecule has 2 amide bonds. The molecule has 6 heteroatoms. The number of nitrogens with one attached hydrogen (secondary N) is 1. The van der Waals surface area contributed by atoms with E-state index in [1.807, 2.05) is 0 Å². The number of amides is 2. The third-order valence-corrected chi connectivity index (χ3v) is 3.60. The third kappa shape index (κ3) is 1.51. The van der Waals surface area contributed by atoms with E-state index in [9.17, 15) is 9.59 Å². The second-order valence-electron chi connectivity index (χ2n) is 4.44. The number of rotatable bonds is 0. The first-order chi connectivity index (χ1) is 8.59. The van der Waals surface area contributed by atoms with Gasteiger partial charge in [0, 0.05) is 18.6 Å². The van der Waals surface area contributed by atoms with Crippen molar-refractivity contribution < 1.29 is 9.59 Å². The van der Waals surface area contributed by atoms with Gasteiger partial charge in [-0.3, -0.25) is 14.5 Å². The predicted octanol–water partition coefficient (Wildman–Crippen LogP) is 0.621. The first kappa shape index (κ1) is 11.5. The van der Waals surface area contributed by atoms with Gasteiger partial charge in [0.15, 0.2) is 0 Å². The summed E-state index contributed by atoms with van der Waals surface area (Å²) in [5.74, 6) is -0.179. The molecule has 1 unspecified atom stereocenters. The molecule has 0 saturated carbocycles. The smallest absolute Gasteiger partial charge is 0.251 e. The molecule has 2 aliphatic heterocycles. The van der Waals surface area contributed by atoms with Gasteiger partial charge in [0.25, 0.3) is 5.91 Å². The molecule has 3 rings (SSSR count). The Balaban J connectivity index is 2.18. The average Bonchev–Trinajstić information content (AvgIpc) is 2.36. The van der Waals surface area contributed by atoms with E-state index in [1.54, 1.807) is 35.0 Å². The van der Waals surface area contributed by atoms with Crippen LogP contribution in [0.3, 0.4) is 0 Å². The van der Waals surface area contributed by atoms with Gasteiger partial charge < -0.3 is 10.2 Å². The number of nitrogens with zero attached hydrogens (tertiary/aromatic N) is 2. The van der Waals surface area contributed by atoms with Crippen LogP contribution in [0.15, 0.2) is 18.2 Å². The van der Waals surface area contributed by atoms with Gasteiger partial charge >= 0.3 is 0 Å². The molecule has 0 spiro atoms. The molecule has 94 valence electrons. The lowest BCUT2D eigenvalue weighted by Crippen LogP contribution is -2.63. The Morgan fingerprint density at radius 1 is 1.33 bits per heavy atom. The topological polar surface area (TPSA) is 52.7 Å². The number of hydrogen-bond donors (Lipinski definition) is 1. The van der Waals surface area contributed by atoms with E-state index in [-0.39, 0.29) is 18.4 Å².